The van der Waals surface area contributed by atoms with Crippen LogP contribution in [0.1, 0.15) is 35.6 Å². The molecule has 39 heavy (non-hydrogen) atoms. The van der Waals surface area contributed by atoms with Crippen LogP contribution in [0.4, 0.5) is 5.69 Å². The third kappa shape index (κ3) is 7.17. The summed E-state index contributed by atoms with van der Waals surface area (Å²) in [5, 5.41) is 2.63. The van der Waals surface area contributed by atoms with E-state index in [1.54, 1.807) is 55.6 Å². The predicted molar refractivity (Wildman–Crippen MR) is 153 cm³/mol. The number of benzene rings is 3. The Morgan fingerprint density at radius 3 is 2.00 bits per heavy atom. The van der Waals surface area contributed by atoms with Crippen LogP contribution in [-0.4, -0.2) is 51.9 Å². The number of carbonyl (C=O) groups is 2. The van der Waals surface area contributed by atoms with E-state index in [-0.39, 0.29) is 17.3 Å². The van der Waals surface area contributed by atoms with Crippen LogP contribution in [0.5, 0.6) is 5.75 Å². The second kappa shape index (κ2) is 12.8. The molecule has 2 amide bonds. The van der Waals surface area contributed by atoms with Crippen LogP contribution in [0.3, 0.4) is 0 Å². The van der Waals surface area contributed by atoms with Gasteiger partial charge in [0.1, 0.15) is 18.3 Å². The first-order valence-electron chi connectivity index (χ1n) is 12.8. The lowest BCUT2D eigenvalue weighted by Gasteiger charge is -2.33. The van der Waals surface area contributed by atoms with Gasteiger partial charge >= 0.3 is 0 Å². The monoisotopic (exact) mass is 551 g/mol. The molecule has 1 unspecified atom stereocenters. The molecule has 1 atom stereocenters. The third-order valence-corrected chi connectivity index (χ3v) is 8.31. The summed E-state index contributed by atoms with van der Waals surface area (Å²) in [5.74, 6) is -0.144. The molecule has 0 aliphatic carbocycles. The molecule has 0 aromatic heterocycles. The molecule has 0 bridgehead atoms. The largest absolute Gasteiger partial charge is 0.497 e. The number of nitrogens with zero attached hydrogens (tertiary/aromatic N) is 2. The molecule has 0 radical (unpaired) electrons. The van der Waals surface area contributed by atoms with Crippen molar-refractivity contribution < 1.29 is 22.7 Å². The van der Waals surface area contributed by atoms with Gasteiger partial charge in [0.15, 0.2) is 0 Å². The lowest BCUT2D eigenvalue weighted by Crippen LogP contribution is -2.51. The van der Waals surface area contributed by atoms with E-state index in [1.165, 1.54) is 11.9 Å². The molecule has 0 aliphatic heterocycles. The van der Waals surface area contributed by atoms with Crippen LogP contribution < -0.4 is 14.4 Å². The quantitative estimate of drug-likeness (QED) is 0.382. The molecule has 0 saturated heterocycles. The lowest BCUT2D eigenvalue weighted by molar-refractivity contribution is -0.140. The zero-order valence-electron chi connectivity index (χ0n) is 23.4. The highest BCUT2D eigenvalue weighted by Gasteiger charge is 2.33. The average molecular weight is 552 g/mol. The van der Waals surface area contributed by atoms with Gasteiger partial charge < -0.3 is 15.0 Å². The van der Waals surface area contributed by atoms with Gasteiger partial charge in [0.25, 0.3) is 10.0 Å². The van der Waals surface area contributed by atoms with Crippen molar-refractivity contribution in [1.82, 2.24) is 10.2 Å². The molecule has 9 heteroatoms. The Morgan fingerprint density at radius 1 is 0.897 bits per heavy atom. The van der Waals surface area contributed by atoms with E-state index in [4.69, 9.17) is 4.74 Å². The summed E-state index contributed by atoms with van der Waals surface area (Å²) < 4.78 is 34.3. The number of methoxy groups -OCH3 is 1. The SMILES string of the molecule is CCC(C(=O)NC)N(Cc1ccc(OC)cc1)C(=O)CN(c1cc(C)cc(C)c1)S(=O)(=O)c1ccc(C)cc1. The number of carbonyl (C=O) groups excluding carboxylic acids is 2. The van der Waals surface area contributed by atoms with Gasteiger partial charge in [-0.25, -0.2) is 8.42 Å². The molecule has 3 aromatic rings. The molecule has 0 heterocycles. The van der Waals surface area contributed by atoms with Crippen LogP contribution in [0.2, 0.25) is 0 Å². The Labute approximate surface area is 231 Å². The van der Waals surface area contributed by atoms with E-state index >= 15 is 0 Å². The van der Waals surface area contributed by atoms with Gasteiger partial charge in [0.2, 0.25) is 11.8 Å². The van der Waals surface area contributed by atoms with Crippen molar-refractivity contribution in [2.75, 3.05) is 25.0 Å². The number of sulfonamides is 1. The van der Waals surface area contributed by atoms with Crippen molar-refractivity contribution in [1.29, 1.82) is 0 Å². The fraction of sp³-hybridized carbons (Fsp3) is 0.333. The number of ether oxygens (including phenoxy) is 1. The number of nitrogens with one attached hydrogen (secondary N) is 1. The van der Waals surface area contributed by atoms with E-state index in [0.29, 0.717) is 17.9 Å². The highest BCUT2D eigenvalue weighted by Crippen LogP contribution is 2.27. The minimum absolute atomic E-state index is 0.0834. The van der Waals surface area contributed by atoms with E-state index in [1.807, 2.05) is 45.9 Å². The van der Waals surface area contributed by atoms with Crippen molar-refractivity contribution >= 4 is 27.5 Å². The van der Waals surface area contributed by atoms with E-state index < -0.39 is 28.5 Å². The summed E-state index contributed by atoms with van der Waals surface area (Å²) in [6.07, 6.45) is 0.357. The van der Waals surface area contributed by atoms with Crippen LogP contribution in [0.25, 0.3) is 0 Å². The first-order chi connectivity index (χ1) is 18.5. The van der Waals surface area contributed by atoms with Gasteiger partial charge in [-0.1, -0.05) is 42.8 Å². The van der Waals surface area contributed by atoms with E-state index in [0.717, 1.165) is 26.6 Å². The van der Waals surface area contributed by atoms with Crippen molar-refractivity contribution in [2.24, 2.45) is 0 Å². The molecule has 208 valence electrons. The van der Waals surface area contributed by atoms with Crippen LogP contribution in [0.15, 0.2) is 71.6 Å². The van der Waals surface area contributed by atoms with Crippen LogP contribution in [0, 0.1) is 20.8 Å². The Morgan fingerprint density at radius 2 is 1.49 bits per heavy atom. The van der Waals surface area contributed by atoms with Crippen LogP contribution in [-0.2, 0) is 26.2 Å². The maximum absolute atomic E-state index is 14.0. The molecule has 8 nitrogen and oxygen atoms in total. The number of aryl methyl sites for hydroxylation is 3. The lowest BCUT2D eigenvalue weighted by atomic mass is 10.1. The molecule has 0 fully saturated rings. The first-order valence-corrected chi connectivity index (χ1v) is 14.3. The molecular formula is C30H37N3O5S. The van der Waals surface area contributed by atoms with Gasteiger partial charge in [-0.05, 0) is 80.3 Å². The summed E-state index contributed by atoms with van der Waals surface area (Å²) in [5.41, 5.74) is 3.83. The zero-order chi connectivity index (χ0) is 28.7. The first kappa shape index (κ1) is 29.7. The van der Waals surface area contributed by atoms with E-state index in [9.17, 15) is 18.0 Å². The van der Waals surface area contributed by atoms with Gasteiger partial charge in [0, 0.05) is 13.6 Å². The molecule has 0 aliphatic rings. The number of anilines is 1. The van der Waals surface area contributed by atoms with Gasteiger partial charge in [-0.2, -0.15) is 0 Å². The normalized spacial score (nSPS) is 11.9. The average Bonchev–Trinajstić information content (AvgIpc) is 2.91. The Hall–Kier alpha value is -3.85. The molecule has 3 rings (SSSR count). The van der Waals surface area contributed by atoms with Crippen molar-refractivity contribution in [3.63, 3.8) is 0 Å². The van der Waals surface area contributed by atoms with Crippen molar-refractivity contribution in [2.45, 2.75) is 51.6 Å². The summed E-state index contributed by atoms with van der Waals surface area (Å²) in [4.78, 5) is 28.3. The fourth-order valence-electron chi connectivity index (χ4n) is 4.47. The smallest absolute Gasteiger partial charge is 0.264 e. The summed E-state index contributed by atoms with van der Waals surface area (Å²) >= 11 is 0. The highest BCUT2D eigenvalue weighted by atomic mass is 32.2. The fourth-order valence-corrected chi connectivity index (χ4v) is 5.87. The van der Waals surface area contributed by atoms with Crippen LogP contribution >= 0.6 is 0 Å². The summed E-state index contributed by atoms with van der Waals surface area (Å²) in [6, 6.07) is 18.4. The Balaban J connectivity index is 2.08. The molecule has 0 spiro atoms. The number of likely N-dealkylation sites (N-methyl/N-ethyl adjacent to an activating group) is 1. The predicted octanol–water partition coefficient (Wildman–Crippen LogP) is 4.37. The minimum Gasteiger partial charge on any atom is -0.497 e. The van der Waals surface area contributed by atoms with E-state index in [2.05, 4.69) is 5.32 Å². The summed E-state index contributed by atoms with van der Waals surface area (Å²) in [7, 11) is -1.02. The van der Waals surface area contributed by atoms with Gasteiger partial charge in [0.05, 0.1) is 17.7 Å². The molecule has 0 saturated carbocycles. The van der Waals surface area contributed by atoms with Crippen molar-refractivity contribution in [3.05, 3.63) is 89.0 Å². The maximum Gasteiger partial charge on any atom is 0.264 e. The molecule has 1 N–H and O–H groups in total. The van der Waals surface area contributed by atoms with Gasteiger partial charge in [-0.3, -0.25) is 13.9 Å². The standard InChI is InChI=1S/C30H37N3O5S/c1-7-28(30(35)31-5)32(19-24-10-12-26(38-6)13-11-24)29(34)20-33(25-17-22(3)16-23(4)18-25)39(36,37)27-14-8-21(2)9-15-27/h8-18,28H,7,19-20H2,1-6H3,(H,31,35). The highest BCUT2D eigenvalue weighted by molar-refractivity contribution is 7.92. The number of amides is 2. The van der Waals surface area contributed by atoms with Crippen molar-refractivity contribution in [3.8, 4) is 5.75 Å². The molecular weight excluding hydrogens is 514 g/mol. The Bertz CT molecular complexity index is 1380. The third-order valence-electron chi connectivity index (χ3n) is 6.53. The number of rotatable bonds is 11. The Kier molecular flexibility index (Phi) is 9.75. The second-order valence-electron chi connectivity index (χ2n) is 9.58. The number of hydrogen-bond donors (Lipinski definition) is 1. The second-order valence-corrected chi connectivity index (χ2v) is 11.4. The zero-order valence-corrected chi connectivity index (χ0v) is 24.2. The topological polar surface area (TPSA) is 96.0 Å². The summed E-state index contributed by atoms with van der Waals surface area (Å²) in [6.45, 7) is 7.11. The molecule has 3 aromatic carbocycles. The number of hydrogen-bond acceptors (Lipinski definition) is 5. The maximum atomic E-state index is 14.0. The minimum atomic E-state index is -4.10. The van der Waals surface area contributed by atoms with Gasteiger partial charge in [-0.15, -0.1) is 0 Å².